The molecule has 1 saturated heterocycles. The molecular formula is C31H29N5O4S. The number of ketones is 1. The lowest BCUT2D eigenvalue weighted by Crippen LogP contribution is -2.52. The lowest BCUT2D eigenvalue weighted by atomic mass is 9.70. The van der Waals surface area contributed by atoms with Crippen LogP contribution in [0.4, 0.5) is 5.69 Å². The molecule has 2 heterocycles. The van der Waals surface area contributed by atoms with Gasteiger partial charge in [0.15, 0.2) is 5.78 Å². The zero-order chi connectivity index (χ0) is 28.9. The van der Waals surface area contributed by atoms with Gasteiger partial charge in [-0.3, -0.25) is 14.4 Å². The largest absolute Gasteiger partial charge is 0.457 e. The second kappa shape index (κ2) is 10.2. The highest BCUT2D eigenvalue weighted by atomic mass is 32.1. The lowest BCUT2D eigenvalue weighted by Gasteiger charge is -2.36. The second-order valence-corrected chi connectivity index (χ2v) is 11.3. The first-order chi connectivity index (χ1) is 19.7. The van der Waals surface area contributed by atoms with E-state index in [9.17, 15) is 14.4 Å². The minimum atomic E-state index is -1.56. The van der Waals surface area contributed by atoms with Gasteiger partial charge in [0, 0.05) is 35.8 Å². The van der Waals surface area contributed by atoms with Crippen LogP contribution in [-0.4, -0.2) is 41.6 Å². The van der Waals surface area contributed by atoms with Gasteiger partial charge in [-0.05, 0) is 54.0 Å². The average molecular weight is 568 g/mol. The van der Waals surface area contributed by atoms with Gasteiger partial charge in [0.2, 0.25) is 5.91 Å². The molecule has 41 heavy (non-hydrogen) atoms. The van der Waals surface area contributed by atoms with E-state index in [-0.39, 0.29) is 17.9 Å². The topological polar surface area (TPSA) is 154 Å². The highest BCUT2D eigenvalue weighted by Gasteiger charge is 2.49. The smallest absolute Gasteiger partial charge is 0.262 e. The molecule has 1 fully saturated rings. The first kappa shape index (κ1) is 26.7. The van der Waals surface area contributed by atoms with Gasteiger partial charge >= 0.3 is 0 Å². The zero-order valence-corrected chi connectivity index (χ0v) is 22.9. The molecule has 0 spiro atoms. The van der Waals surface area contributed by atoms with Crippen LogP contribution in [0.2, 0.25) is 0 Å². The molecule has 0 bridgehead atoms. The molecule has 3 aromatic carbocycles. The molecule has 208 valence electrons. The Bertz CT molecular complexity index is 1700. The van der Waals surface area contributed by atoms with Gasteiger partial charge in [-0.2, -0.15) is 0 Å². The number of ether oxygens (including phenoxy) is 1. The van der Waals surface area contributed by atoms with E-state index in [4.69, 9.17) is 21.9 Å². The van der Waals surface area contributed by atoms with Crippen molar-refractivity contribution in [2.45, 2.75) is 24.0 Å². The summed E-state index contributed by atoms with van der Waals surface area (Å²) >= 11 is 1.20. The summed E-state index contributed by atoms with van der Waals surface area (Å²) in [4.78, 5) is 41.5. The maximum Gasteiger partial charge on any atom is 0.262 e. The van der Waals surface area contributed by atoms with Crippen LogP contribution in [0.3, 0.4) is 0 Å². The van der Waals surface area contributed by atoms with Crippen molar-refractivity contribution in [3.8, 4) is 11.5 Å². The van der Waals surface area contributed by atoms with E-state index in [0.29, 0.717) is 68.4 Å². The van der Waals surface area contributed by atoms with Gasteiger partial charge < -0.3 is 32.2 Å². The fourth-order valence-electron chi connectivity index (χ4n) is 5.72. The van der Waals surface area contributed by atoms with Crippen molar-refractivity contribution in [2.75, 3.05) is 18.8 Å². The van der Waals surface area contributed by atoms with Crippen LogP contribution in [-0.2, 0) is 15.1 Å². The average Bonchev–Trinajstić information content (AvgIpc) is 3.62. The molecule has 0 radical (unpaired) electrons. The van der Waals surface area contributed by atoms with E-state index < -0.39 is 17.4 Å². The predicted molar refractivity (Wildman–Crippen MR) is 159 cm³/mol. The van der Waals surface area contributed by atoms with Gasteiger partial charge in [-0.15, -0.1) is 11.3 Å². The summed E-state index contributed by atoms with van der Waals surface area (Å²) in [6, 6.07) is 18.5. The van der Waals surface area contributed by atoms with Crippen molar-refractivity contribution < 1.29 is 19.1 Å². The summed E-state index contributed by atoms with van der Waals surface area (Å²) in [5.74, 6) is 0.310. The number of hydrogen-bond acceptors (Lipinski definition) is 8. The molecule has 1 aliphatic carbocycles. The maximum atomic E-state index is 14.0. The molecule has 10 heteroatoms. The fraction of sp³-hybridized carbons (Fsp3) is 0.194. The van der Waals surface area contributed by atoms with Crippen LogP contribution in [0.15, 0.2) is 79.4 Å². The van der Waals surface area contributed by atoms with Gasteiger partial charge in [0.25, 0.3) is 5.91 Å². The number of likely N-dealkylation sites (tertiary alicyclic amines) is 1. The van der Waals surface area contributed by atoms with Crippen molar-refractivity contribution in [2.24, 2.45) is 11.5 Å². The number of nitrogen functional groups attached to an aromatic ring is 1. The van der Waals surface area contributed by atoms with E-state index in [2.05, 4.69) is 11.9 Å². The van der Waals surface area contributed by atoms with Crippen molar-refractivity contribution in [3.63, 3.8) is 0 Å². The Morgan fingerprint density at radius 2 is 1.78 bits per heavy atom. The number of rotatable bonds is 6. The maximum absolute atomic E-state index is 14.0. The van der Waals surface area contributed by atoms with E-state index in [0.717, 1.165) is 0 Å². The molecular weight excluding hydrogens is 538 g/mol. The Kier molecular flexibility index (Phi) is 6.61. The summed E-state index contributed by atoms with van der Waals surface area (Å²) in [6.45, 7) is 4.43. The third kappa shape index (κ3) is 4.37. The third-order valence-electron chi connectivity index (χ3n) is 7.82. The SMILES string of the molecule is C=CC(=O)N1CCC(NC(=O)c2sc3c(N)ccc4c3c2C(N)C(=O)C4(N)c2ccc(Oc3ccccc3)cc2)C1. The van der Waals surface area contributed by atoms with Crippen LogP contribution in [0.5, 0.6) is 11.5 Å². The second-order valence-electron chi connectivity index (χ2n) is 10.3. The molecule has 3 unspecified atom stereocenters. The number of para-hydroxylation sites is 1. The molecule has 4 aromatic rings. The normalized spacial score (nSPS) is 21.6. The summed E-state index contributed by atoms with van der Waals surface area (Å²) in [7, 11) is 0. The van der Waals surface area contributed by atoms with Crippen LogP contribution in [0.25, 0.3) is 10.1 Å². The van der Waals surface area contributed by atoms with Gasteiger partial charge in [0.05, 0.1) is 15.6 Å². The minimum absolute atomic E-state index is 0.178. The monoisotopic (exact) mass is 567 g/mol. The Morgan fingerprint density at radius 1 is 1.07 bits per heavy atom. The zero-order valence-electron chi connectivity index (χ0n) is 22.1. The first-order valence-electron chi connectivity index (χ1n) is 13.2. The molecule has 2 amide bonds. The number of carbonyl (C=O) groups is 3. The van der Waals surface area contributed by atoms with Crippen molar-refractivity contribution in [1.29, 1.82) is 0 Å². The minimum Gasteiger partial charge on any atom is -0.457 e. The Balaban J connectivity index is 1.37. The van der Waals surface area contributed by atoms with Gasteiger partial charge in [-0.25, -0.2) is 0 Å². The third-order valence-corrected chi connectivity index (χ3v) is 9.07. The summed E-state index contributed by atoms with van der Waals surface area (Å²) < 4.78 is 6.56. The molecule has 1 aromatic heterocycles. The van der Waals surface area contributed by atoms with Crippen molar-refractivity contribution >= 4 is 44.7 Å². The van der Waals surface area contributed by atoms with E-state index in [1.165, 1.54) is 17.4 Å². The molecule has 1 aliphatic heterocycles. The Morgan fingerprint density at radius 3 is 2.49 bits per heavy atom. The van der Waals surface area contributed by atoms with Crippen LogP contribution < -0.4 is 27.3 Å². The standard InChI is InChI=1S/C31H29N5O4S/c1-2-23(37)36-15-14-18(16-36)35-30(39)28-25-24-21(12-13-22(32)27(24)41-28)31(34,29(38)26(25)33)17-8-10-20(11-9-17)40-19-6-4-3-5-7-19/h2-13,18,26H,1,14-16,32-34H2,(H,35,39). The highest BCUT2D eigenvalue weighted by Crippen LogP contribution is 2.49. The fourth-order valence-corrected chi connectivity index (χ4v) is 6.92. The van der Waals surface area contributed by atoms with E-state index in [1.54, 1.807) is 41.3 Å². The van der Waals surface area contributed by atoms with Crippen LogP contribution in [0, 0.1) is 0 Å². The lowest BCUT2D eigenvalue weighted by molar-refractivity contribution is -0.125. The van der Waals surface area contributed by atoms with Gasteiger partial charge in [-0.1, -0.05) is 43.0 Å². The molecule has 9 nitrogen and oxygen atoms in total. The van der Waals surface area contributed by atoms with Crippen LogP contribution in [0.1, 0.15) is 38.8 Å². The van der Waals surface area contributed by atoms with Crippen molar-refractivity contribution in [3.05, 3.63) is 101 Å². The Hall–Kier alpha value is -4.51. The molecule has 6 rings (SSSR count). The number of nitrogens with one attached hydrogen (secondary N) is 1. The van der Waals surface area contributed by atoms with E-state index >= 15 is 0 Å². The number of amides is 2. The summed E-state index contributed by atoms with van der Waals surface area (Å²) in [5.41, 5.74) is 20.3. The summed E-state index contributed by atoms with van der Waals surface area (Å²) in [6.07, 6.45) is 1.87. The van der Waals surface area contributed by atoms with Gasteiger partial charge in [0.1, 0.15) is 17.0 Å². The van der Waals surface area contributed by atoms with Crippen LogP contribution >= 0.6 is 11.3 Å². The molecule has 2 aliphatic rings. The molecule has 0 saturated carbocycles. The number of nitrogens with two attached hydrogens (primary N) is 3. The summed E-state index contributed by atoms with van der Waals surface area (Å²) in [5, 5.41) is 3.64. The number of hydrogen-bond donors (Lipinski definition) is 4. The van der Waals surface area contributed by atoms with E-state index in [1.807, 2.05) is 30.3 Å². The quantitative estimate of drug-likeness (QED) is 0.205. The highest BCUT2D eigenvalue weighted by molar-refractivity contribution is 7.21. The predicted octanol–water partition coefficient (Wildman–Crippen LogP) is 3.58. The first-order valence-corrected chi connectivity index (χ1v) is 14.0. The molecule has 3 atom stereocenters. The molecule has 7 N–H and O–H groups in total. The number of thiophene rings is 1. The number of nitrogens with zero attached hydrogens (tertiary/aromatic N) is 1. The van der Waals surface area contributed by atoms with Crippen molar-refractivity contribution in [1.82, 2.24) is 10.2 Å². The number of Topliss-reactive ketones (excluding diaryl/α,β-unsaturated/α-hetero) is 1. The number of carbonyl (C=O) groups excluding carboxylic acids is 3. The Labute approximate surface area is 240 Å². The number of anilines is 1. The number of benzene rings is 3.